The summed E-state index contributed by atoms with van der Waals surface area (Å²) in [6.45, 7) is 2.36. The number of rotatable bonds is 5. The van der Waals surface area contributed by atoms with Gasteiger partial charge in [0.15, 0.2) is 5.82 Å². The monoisotopic (exact) mass is 261 g/mol. The SMILES string of the molecule is Cc1nc(CCNc2cc(=O)[nH]c(C3CC3)n2)no1. The second-order valence-electron chi connectivity index (χ2n) is 4.70. The molecule has 0 saturated heterocycles. The summed E-state index contributed by atoms with van der Waals surface area (Å²) in [4.78, 5) is 22.8. The maximum absolute atomic E-state index is 11.5. The van der Waals surface area contributed by atoms with Crippen LogP contribution in [0, 0.1) is 6.92 Å². The third-order valence-corrected chi connectivity index (χ3v) is 2.95. The maximum Gasteiger partial charge on any atom is 0.252 e. The van der Waals surface area contributed by atoms with Gasteiger partial charge in [-0.05, 0) is 12.8 Å². The fraction of sp³-hybridized carbons (Fsp3) is 0.500. The molecule has 0 spiro atoms. The molecule has 7 heteroatoms. The summed E-state index contributed by atoms with van der Waals surface area (Å²) in [7, 11) is 0. The van der Waals surface area contributed by atoms with Gasteiger partial charge in [0, 0.05) is 31.9 Å². The van der Waals surface area contributed by atoms with E-state index in [0.717, 1.165) is 18.7 Å². The highest BCUT2D eigenvalue weighted by Gasteiger charge is 2.26. The standard InChI is InChI=1S/C12H15N5O2/c1-7-14-9(17-19-7)4-5-13-10-6-11(18)16-12(15-10)8-2-3-8/h6,8H,2-5H2,1H3,(H2,13,15,16,18). The molecule has 2 aromatic rings. The molecule has 0 aromatic carbocycles. The van der Waals surface area contributed by atoms with Crippen molar-refractivity contribution >= 4 is 5.82 Å². The van der Waals surface area contributed by atoms with Gasteiger partial charge in [-0.3, -0.25) is 4.79 Å². The van der Waals surface area contributed by atoms with Crippen LogP contribution in [0.15, 0.2) is 15.4 Å². The first-order chi connectivity index (χ1) is 9.20. The predicted molar refractivity (Wildman–Crippen MR) is 68.1 cm³/mol. The lowest BCUT2D eigenvalue weighted by atomic mass is 10.3. The molecule has 0 aliphatic heterocycles. The van der Waals surface area contributed by atoms with E-state index >= 15 is 0 Å². The van der Waals surface area contributed by atoms with E-state index < -0.39 is 0 Å². The Morgan fingerprint density at radius 2 is 2.32 bits per heavy atom. The average Bonchev–Trinajstić information content (AvgIpc) is 3.13. The number of hydrogen-bond acceptors (Lipinski definition) is 6. The number of anilines is 1. The van der Waals surface area contributed by atoms with Crippen molar-refractivity contribution in [2.75, 3.05) is 11.9 Å². The summed E-state index contributed by atoms with van der Waals surface area (Å²) < 4.78 is 4.89. The van der Waals surface area contributed by atoms with E-state index in [4.69, 9.17) is 4.52 Å². The van der Waals surface area contributed by atoms with E-state index in [2.05, 4.69) is 25.4 Å². The van der Waals surface area contributed by atoms with Crippen molar-refractivity contribution in [2.45, 2.75) is 32.1 Å². The predicted octanol–water partition coefficient (Wildman–Crippen LogP) is 0.993. The molecular weight excluding hydrogens is 246 g/mol. The van der Waals surface area contributed by atoms with Gasteiger partial charge in [0.05, 0.1) is 0 Å². The Kier molecular flexibility index (Phi) is 3.02. The van der Waals surface area contributed by atoms with E-state index in [-0.39, 0.29) is 5.56 Å². The Bertz CT molecular complexity index is 629. The van der Waals surface area contributed by atoms with Gasteiger partial charge in [-0.25, -0.2) is 4.98 Å². The van der Waals surface area contributed by atoms with E-state index in [9.17, 15) is 4.79 Å². The van der Waals surface area contributed by atoms with E-state index in [0.29, 0.717) is 36.4 Å². The Morgan fingerprint density at radius 3 is 3.00 bits per heavy atom. The number of nitrogens with zero attached hydrogens (tertiary/aromatic N) is 3. The van der Waals surface area contributed by atoms with Gasteiger partial charge in [-0.15, -0.1) is 0 Å². The summed E-state index contributed by atoms with van der Waals surface area (Å²) in [6, 6.07) is 1.47. The zero-order chi connectivity index (χ0) is 13.2. The molecule has 1 fully saturated rings. The lowest BCUT2D eigenvalue weighted by molar-refractivity contribution is 0.387. The van der Waals surface area contributed by atoms with Crippen molar-refractivity contribution in [3.05, 3.63) is 34.0 Å². The van der Waals surface area contributed by atoms with Crippen LogP contribution in [0.2, 0.25) is 0 Å². The summed E-state index contributed by atoms with van der Waals surface area (Å²) >= 11 is 0. The molecule has 100 valence electrons. The topological polar surface area (TPSA) is 96.7 Å². The van der Waals surface area contributed by atoms with E-state index in [1.165, 1.54) is 6.07 Å². The second-order valence-corrected chi connectivity index (χ2v) is 4.70. The molecule has 0 radical (unpaired) electrons. The fourth-order valence-corrected chi connectivity index (χ4v) is 1.86. The number of hydrogen-bond donors (Lipinski definition) is 2. The van der Waals surface area contributed by atoms with Gasteiger partial charge in [0.1, 0.15) is 11.6 Å². The lowest BCUT2D eigenvalue weighted by Crippen LogP contribution is -2.15. The highest BCUT2D eigenvalue weighted by atomic mass is 16.5. The third kappa shape index (κ3) is 2.98. The summed E-state index contributed by atoms with van der Waals surface area (Å²) in [5.74, 6) is 3.02. The molecule has 19 heavy (non-hydrogen) atoms. The quantitative estimate of drug-likeness (QED) is 0.833. The van der Waals surface area contributed by atoms with Crippen LogP contribution >= 0.6 is 0 Å². The Labute approximate surface area is 109 Å². The average molecular weight is 261 g/mol. The zero-order valence-electron chi connectivity index (χ0n) is 10.6. The molecular formula is C12H15N5O2. The molecule has 0 atom stereocenters. The molecule has 3 rings (SSSR count). The van der Waals surface area contributed by atoms with Crippen molar-refractivity contribution in [3.8, 4) is 0 Å². The molecule has 2 aromatic heterocycles. The van der Waals surface area contributed by atoms with Crippen molar-refractivity contribution < 1.29 is 4.52 Å². The zero-order valence-corrected chi connectivity index (χ0v) is 10.6. The molecule has 1 aliphatic rings. The first-order valence-electron chi connectivity index (χ1n) is 6.35. The highest BCUT2D eigenvalue weighted by Crippen LogP contribution is 2.37. The van der Waals surface area contributed by atoms with Crippen LogP contribution in [0.25, 0.3) is 0 Å². The highest BCUT2D eigenvalue weighted by molar-refractivity contribution is 5.34. The molecule has 1 saturated carbocycles. The van der Waals surface area contributed by atoms with Crippen LogP contribution in [0.1, 0.15) is 36.3 Å². The molecule has 0 amide bonds. The summed E-state index contributed by atoms with van der Waals surface area (Å²) in [5.41, 5.74) is -0.116. The third-order valence-electron chi connectivity index (χ3n) is 2.95. The Hall–Kier alpha value is -2.18. The van der Waals surface area contributed by atoms with Crippen molar-refractivity contribution in [1.82, 2.24) is 20.1 Å². The normalized spacial score (nSPS) is 14.6. The smallest absolute Gasteiger partial charge is 0.252 e. The minimum Gasteiger partial charge on any atom is -0.369 e. The molecule has 1 aliphatic carbocycles. The van der Waals surface area contributed by atoms with Crippen LogP contribution in [0.3, 0.4) is 0 Å². The first kappa shape index (κ1) is 11.9. The summed E-state index contributed by atoms with van der Waals surface area (Å²) in [5, 5.41) is 6.92. The van der Waals surface area contributed by atoms with Crippen LogP contribution in [0.4, 0.5) is 5.82 Å². The van der Waals surface area contributed by atoms with Crippen molar-refractivity contribution in [1.29, 1.82) is 0 Å². The van der Waals surface area contributed by atoms with Crippen molar-refractivity contribution in [2.24, 2.45) is 0 Å². The number of H-pyrrole nitrogens is 1. The van der Waals surface area contributed by atoms with Crippen LogP contribution in [-0.4, -0.2) is 26.7 Å². The van der Waals surface area contributed by atoms with Gasteiger partial charge in [-0.1, -0.05) is 5.16 Å². The number of aromatic nitrogens is 4. The number of nitrogens with one attached hydrogen (secondary N) is 2. The molecule has 2 heterocycles. The van der Waals surface area contributed by atoms with E-state index in [1.807, 2.05) is 0 Å². The van der Waals surface area contributed by atoms with Gasteiger partial charge >= 0.3 is 0 Å². The maximum atomic E-state index is 11.5. The minimum atomic E-state index is -0.116. The van der Waals surface area contributed by atoms with E-state index in [1.54, 1.807) is 6.92 Å². The Morgan fingerprint density at radius 1 is 1.47 bits per heavy atom. The van der Waals surface area contributed by atoms with Gasteiger partial charge < -0.3 is 14.8 Å². The molecule has 7 nitrogen and oxygen atoms in total. The second kappa shape index (κ2) is 4.83. The number of aromatic amines is 1. The van der Waals surface area contributed by atoms with Gasteiger partial charge in [-0.2, -0.15) is 4.98 Å². The van der Waals surface area contributed by atoms with Crippen LogP contribution < -0.4 is 10.9 Å². The molecule has 0 unspecified atom stereocenters. The van der Waals surface area contributed by atoms with Crippen LogP contribution in [-0.2, 0) is 6.42 Å². The first-order valence-corrected chi connectivity index (χ1v) is 6.35. The molecule has 0 bridgehead atoms. The minimum absolute atomic E-state index is 0.116. The Balaban J connectivity index is 1.61. The number of aryl methyl sites for hydroxylation is 1. The van der Waals surface area contributed by atoms with Crippen LogP contribution in [0.5, 0.6) is 0 Å². The summed E-state index contributed by atoms with van der Waals surface area (Å²) in [6.07, 6.45) is 2.84. The van der Waals surface area contributed by atoms with Gasteiger partial charge in [0.2, 0.25) is 5.89 Å². The molecule has 2 N–H and O–H groups in total. The largest absolute Gasteiger partial charge is 0.369 e. The lowest BCUT2D eigenvalue weighted by Gasteiger charge is -2.05. The fourth-order valence-electron chi connectivity index (χ4n) is 1.86. The van der Waals surface area contributed by atoms with Crippen molar-refractivity contribution in [3.63, 3.8) is 0 Å². The van der Waals surface area contributed by atoms with Gasteiger partial charge in [0.25, 0.3) is 5.56 Å².